The molecular formula is C8H12N3S. The van der Waals surface area contributed by atoms with Gasteiger partial charge in [0.1, 0.15) is 5.82 Å². The summed E-state index contributed by atoms with van der Waals surface area (Å²) in [4.78, 5) is 4.12. The summed E-state index contributed by atoms with van der Waals surface area (Å²) in [6.45, 7) is 3.74. The summed E-state index contributed by atoms with van der Waals surface area (Å²) in [6.07, 6.45) is 5.14. The van der Waals surface area contributed by atoms with Crippen molar-refractivity contribution in [1.82, 2.24) is 9.55 Å². The molecule has 0 bridgehead atoms. The Kier molecular flexibility index (Phi) is 3.37. The van der Waals surface area contributed by atoms with E-state index < -0.39 is 0 Å². The van der Waals surface area contributed by atoms with Crippen molar-refractivity contribution in [2.24, 2.45) is 5.73 Å². The lowest BCUT2D eigenvalue weighted by atomic mass is 10.2. The van der Waals surface area contributed by atoms with Crippen molar-refractivity contribution in [2.45, 2.75) is 18.9 Å². The molecule has 0 saturated carbocycles. The fourth-order valence-electron chi connectivity index (χ4n) is 1.05. The average molecular weight is 182 g/mol. The van der Waals surface area contributed by atoms with Crippen molar-refractivity contribution in [1.29, 1.82) is 0 Å². The number of rotatable bonds is 4. The number of hydrogen-bond donors (Lipinski definition) is 1. The third-order valence-corrected chi connectivity index (χ3v) is 1.89. The molecule has 1 aromatic rings. The minimum absolute atomic E-state index is 0.0586. The van der Waals surface area contributed by atoms with Crippen molar-refractivity contribution in [3.63, 3.8) is 0 Å². The largest absolute Gasteiger partial charge is 0.321 e. The van der Waals surface area contributed by atoms with Crippen LogP contribution >= 0.6 is 12.2 Å². The predicted octanol–water partition coefficient (Wildman–Crippen LogP) is 1.30. The molecule has 0 aromatic carbocycles. The molecule has 1 radical (unpaired) electrons. The Bertz CT molecular complexity index is 257. The van der Waals surface area contributed by atoms with Crippen LogP contribution in [0.1, 0.15) is 24.7 Å². The van der Waals surface area contributed by atoms with E-state index in [4.69, 9.17) is 18.0 Å². The Morgan fingerprint density at radius 1 is 1.83 bits per heavy atom. The maximum atomic E-state index is 5.84. The zero-order chi connectivity index (χ0) is 8.97. The molecule has 0 saturated heterocycles. The second-order valence-corrected chi connectivity index (χ2v) is 2.76. The summed E-state index contributed by atoms with van der Waals surface area (Å²) in [5.74, 6) is 0.814. The van der Waals surface area contributed by atoms with Crippen LogP contribution in [0.25, 0.3) is 0 Å². The molecule has 0 amide bonds. The van der Waals surface area contributed by atoms with Gasteiger partial charge < -0.3 is 5.73 Å². The lowest BCUT2D eigenvalue weighted by Crippen LogP contribution is -2.15. The zero-order valence-electron chi connectivity index (χ0n) is 6.81. The highest BCUT2D eigenvalue weighted by Crippen LogP contribution is 2.11. The first kappa shape index (κ1) is 9.35. The Hall–Kier alpha value is -0.740. The Morgan fingerprint density at radius 2 is 2.58 bits per heavy atom. The van der Waals surface area contributed by atoms with E-state index in [-0.39, 0.29) is 6.04 Å². The standard InChI is InChI=1S/C8H12N3S/c1-2-3-7(9)8-10-4-5-11(8)6-12/h4-7H,1-3,9H2. The van der Waals surface area contributed by atoms with E-state index in [0.717, 1.165) is 18.7 Å². The highest BCUT2D eigenvalue weighted by atomic mass is 32.1. The van der Waals surface area contributed by atoms with Gasteiger partial charge >= 0.3 is 0 Å². The molecule has 1 unspecified atom stereocenters. The first-order valence-electron chi connectivity index (χ1n) is 3.82. The van der Waals surface area contributed by atoms with Gasteiger partial charge in [-0.25, -0.2) is 4.98 Å². The normalized spacial score (nSPS) is 12.8. The number of nitrogens with two attached hydrogens (primary N) is 1. The second-order valence-electron chi connectivity index (χ2n) is 2.55. The van der Waals surface area contributed by atoms with Gasteiger partial charge in [-0.15, -0.1) is 0 Å². The smallest absolute Gasteiger partial charge is 0.130 e. The first-order chi connectivity index (χ1) is 5.79. The SMILES string of the molecule is [CH2]CCC(N)c1nccn1C=S. The fraction of sp³-hybridized carbons (Fsp3) is 0.375. The van der Waals surface area contributed by atoms with Crippen LogP contribution < -0.4 is 5.73 Å². The lowest BCUT2D eigenvalue weighted by molar-refractivity contribution is 0.617. The minimum atomic E-state index is -0.0586. The summed E-state index contributed by atoms with van der Waals surface area (Å²) >= 11 is 4.79. The van der Waals surface area contributed by atoms with Crippen molar-refractivity contribution < 1.29 is 0 Å². The van der Waals surface area contributed by atoms with Gasteiger partial charge in [0.15, 0.2) is 0 Å². The molecule has 2 N–H and O–H groups in total. The van der Waals surface area contributed by atoms with E-state index in [2.05, 4.69) is 11.9 Å². The van der Waals surface area contributed by atoms with Crippen LogP contribution in [-0.2, 0) is 0 Å². The number of nitrogens with zero attached hydrogens (tertiary/aromatic N) is 2. The van der Waals surface area contributed by atoms with Gasteiger partial charge in [-0.2, -0.15) is 0 Å². The van der Waals surface area contributed by atoms with E-state index in [0.29, 0.717) is 0 Å². The van der Waals surface area contributed by atoms with Gasteiger partial charge in [0, 0.05) is 12.4 Å². The molecule has 0 spiro atoms. The summed E-state index contributed by atoms with van der Waals surface area (Å²) in [5, 5.41) is 0. The molecular weight excluding hydrogens is 170 g/mol. The van der Waals surface area contributed by atoms with Gasteiger partial charge in [-0.05, 0) is 6.42 Å². The molecule has 0 aliphatic rings. The van der Waals surface area contributed by atoms with Crippen LogP contribution in [0.15, 0.2) is 12.4 Å². The number of thiocarbonyl (C=S) groups is 1. The number of hydrogen-bond acceptors (Lipinski definition) is 3. The maximum Gasteiger partial charge on any atom is 0.130 e. The van der Waals surface area contributed by atoms with Crippen LogP contribution in [-0.4, -0.2) is 15.0 Å². The van der Waals surface area contributed by atoms with Gasteiger partial charge in [0.2, 0.25) is 0 Å². The third kappa shape index (κ3) is 1.89. The highest BCUT2D eigenvalue weighted by molar-refractivity contribution is 7.78. The van der Waals surface area contributed by atoms with Crippen LogP contribution in [0.2, 0.25) is 0 Å². The molecule has 1 heterocycles. The van der Waals surface area contributed by atoms with Gasteiger partial charge in [-0.1, -0.05) is 25.6 Å². The van der Waals surface area contributed by atoms with E-state index in [1.54, 1.807) is 17.0 Å². The van der Waals surface area contributed by atoms with Crippen molar-refractivity contribution in [3.8, 4) is 0 Å². The fourth-order valence-corrected chi connectivity index (χ4v) is 1.23. The summed E-state index contributed by atoms with van der Waals surface area (Å²) in [7, 11) is 0. The van der Waals surface area contributed by atoms with Crippen molar-refractivity contribution >= 4 is 17.7 Å². The third-order valence-electron chi connectivity index (χ3n) is 1.66. The molecule has 3 nitrogen and oxygen atoms in total. The van der Waals surface area contributed by atoms with Gasteiger partial charge in [0.25, 0.3) is 0 Å². The molecule has 12 heavy (non-hydrogen) atoms. The van der Waals surface area contributed by atoms with E-state index in [1.807, 2.05) is 0 Å². The van der Waals surface area contributed by atoms with E-state index in [9.17, 15) is 0 Å². The summed E-state index contributed by atoms with van der Waals surface area (Å²) in [5.41, 5.74) is 7.37. The molecule has 1 aromatic heterocycles. The quantitative estimate of drug-likeness (QED) is 0.714. The van der Waals surface area contributed by atoms with Crippen molar-refractivity contribution in [2.75, 3.05) is 0 Å². The molecule has 0 aliphatic heterocycles. The van der Waals surface area contributed by atoms with Gasteiger partial charge in [-0.3, -0.25) is 4.57 Å². The molecule has 0 aliphatic carbocycles. The topological polar surface area (TPSA) is 43.8 Å². The molecule has 1 atom stereocenters. The number of imidazole rings is 1. The van der Waals surface area contributed by atoms with Gasteiger partial charge in [0.05, 0.1) is 11.5 Å². The molecule has 65 valence electrons. The molecule has 4 heteroatoms. The zero-order valence-corrected chi connectivity index (χ0v) is 7.63. The van der Waals surface area contributed by atoms with Crippen LogP contribution in [0.4, 0.5) is 0 Å². The lowest BCUT2D eigenvalue weighted by Gasteiger charge is -2.08. The highest BCUT2D eigenvalue weighted by Gasteiger charge is 2.09. The first-order valence-corrected chi connectivity index (χ1v) is 4.29. The van der Waals surface area contributed by atoms with Crippen molar-refractivity contribution in [3.05, 3.63) is 25.1 Å². The van der Waals surface area contributed by atoms with Crippen LogP contribution in [0.3, 0.4) is 0 Å². The summed E-state index contributed by atoms with van der Waals surface area (Å²) in [6, 6.07) is -0.0586. The molecule has 0 fully saturated rings. The van der Waals surface area contributed by atoms with Crippen LogP contribution in [0.5, 0.6) is 0 Å². The number of aromatic nitrogens is 2. The average Bonchev–Trinajstić information content (AvgIpc) is 2.51. The minimum Gasteiger partial charge on any atom is -0.321 e. The molecule has 1 rings (SSSR count). The second kappa shape index (κ2) is 4.33. The monoisotopic (exact) mass is 182 g/mol. The Labute approximate surface area is 77.6 Å². The predicted molar refractivity (Wildman–Crippen MR) is 52.8 cm³/mol. The van der Waals surface area contributed by atoms with E-state index in [1.165, 1.54) is 5.49 Å². The maximum absolute atomic E-state index is 5.84. The van der Waals surface area contributed by atoms with E-state index >= 15 is 0 Å². The summed E-state index contributed by atoms with van der Waals surface area (Å²) < 4.78 is 1.76. The Morgan fingerprint density at radius 3 is 3.17 bits per heavy atom. The Balaban J connectivity index is 2.78. The van der Waals surface area contributed by atoms with Crippen LogP contribution in [0, 0.1) is 6.92 Å².